The van der Waals surface area contributed by atoms with Crippen molar-refractivity contribution in [3.63, 3.8) is 0 Å². The van der Waals surface area contributed by atoms with Crippen molar-refractivity contribution in [1.82, 2.24) is 9.99 Å². The molecule has 1 aromatic heterocycles. The number of aromatic nitrogens is 2. The summed E-state index contributed by atoms with van der Waals surface area (Å²) < 4.78 is 1.97. The first-order chi connectivity index (χ1) is 5.20. The van der Waals surface area contributed by atoms with E-state index in [1.165, 1.54) is 0 Å². The van der Waals surface area contributed by atoms with E-state index in [0.29, 0.717) is 0 Å². The van der Waals surface area contributed by atoms with Gasteiger partial charge in [0.15, 0.2) is 5.69 Å². The van der Waals surface area contributed by atoms with E-state index in [1.807, 2.05) is 38.2 Å². The van der Waals surface area contributed by atoms with E-state index >= 15 is 0 Å². The monoisotopic (exact) mass is 153 g/mol. The number of aromatic amines is 1. The molecule has 0 saturated heterocycles. The molecule has 60 valence electrons. The molecule has 1 rings (SSSR count). The predicted molar refractivity (Wildman–Crippen MR) is 43.2 cm³/mol. The molecule has 4 nitrogen and oxygen atoms in total. The quantitative estimate of drug-likeness (QED) is 0.354. The second-order valence-corrected chi connectivity index (χ2v) is 2.57. The fourth-order valence-electron chi connectivity index (χ4n) is 0.714. The van der Waals surface area contributed by atoms with Crippen molar-refractivity contribution in [2.45, 2.75) is 0 Å². The molecule has 0 aliphatic carbocycles. The van der Waals surface area contributed by atoms with Crippen molar-refractivity contribution in [3.05, 3.63) is 18.2 Å². The van der Waals surface area contributed by atoms with E-state index in [-0.39, 0.29) is 0 Å². The van der Waals surface area contributed by atoms with E-state index in [0.717, 1.165) is 5.69 Å². The lowest BCUT2D eigenvalue weighted by Gasteiger charge is -2.00. The number of aryl methyl sites for hydroxylation is 1. The summed E-state index contributed by atoms with van der Waals surface area (Å²) in [6.45, 7) is 0. The molecule has 0 unspecified atom stereocenters. The molecule has 0 saturated carbocycles. The summed E-state index contributed by atoms with van der Waals surface area (Å²) >= 11 is 0. The number of rotatable bonds is 2. The minimum Gasteiger partial charge on any atom is -0.303 e. The number of H-pyrrole nitrogens is 1. The highest BCUT2D eigenvalue weighted by Crippen LogP contribution is 1.82. The van der Waals surface area contributed by atoms with Gasteiger partial charge in [0.05, 0.1) is 13.3 Å². The Bertz CT molecular complexity index is 249. The molecule has 0 amide bonds. The van der Waals surface area contributed by atoms with Gasteiger partial charge in [-0.05, 0) is 0 Å². The SMILES string of the molecule is CN(C)N=Cc1c[nH]c[n+]1C. The van der Waals surface area contributed by atoms with Gasteiger partial charge < -0.3 is 5.01 Å². The van der Waals surface area contributed by atoms with E-state index in [9.17, 15) is 0 Å². The minimum atomic E-state index is 1.05. The van der Waals surface area contributed by atoms with Gasteiger partial charge in [-0.25, -0.2) is 9.55 Å². The van der Waals surface area contributed by atoms with E-state index in [1.54, 1.807) is 11.2 Å². The highest BCUT2D eigenvalue weighted by Gasteiger charge is 1.99. The Morgan fingerprint density at radius 3 is 2.82 bits per heavy atom. The zero-order chi connectivity index (χ0) is 8.27. The van der Waals surface area contributed by atoms with Crippen molar-refractivity contribution < 1.29 is 4.57 Å². The molecule has 0 aromatic carbocycles. The zero-order valence-electron chi connectivity index (χ0n) is 7.07. The van der Waals surface area contributed by atoms with Crippen LogP contribution in [0.5, 0.6) is 0 Å². The van der Waals surface area contributed by atoms with Crippen LogP contribution in [0.15, 0.2) is 17.6 Å². The summed E-state index contributed by atoms with van der Waals surface area (Å²) in [5, 5.41) is 5.85. The van der Waals surface area contributed by atoms with Crippen LogP contribution >= 0.6 is 0 Å². The Hall–Kier alpha value is -1.32. The third kappa shape index (κ3) is 2.07. The molecule has 0 aliphatic rings. The van der Waals surface area contributed by atoms with Gasteiger partial charge in [0, 0.05) is 14.1 Å². The molecule has 1 N–H and O–H groups in total. The second-order valence-electron chi connectivity index (χ2n) is 2.57. The average Bonchev–Trinajstić information content (AvgIpc) is 2.31. The van der Waals surface area contributed by atoms with Gasteiger partial charge in [0.1, 0.15) is 6.20 Å². The lowest BCUT2D eigenvalue weighted by molar-refractivity contribution is -0.670. The van der Waals surface area contributed by atoms with Gasteiger partial charge in [-0.15, -0.1) is 0 Å². The van der Waals surface area contributed by atoms with Crippen LogP contribution in [0.25, 0.3) is 0 Å². The molecule has 1 aromatic rings. The van der Waals surface area contributed by atoms with Gasteiger partial charge in [-0.2, -0.15) is 5.10 Å². The van der Waals surface area contributed by atoms with Gasteiger partial charge in [-0.3, -0.25) is 0 Å². The van der Waals surface area contributed by atoms with Crippen LogP contribution in [0.1, 0.15) is 5.69 Å². The van der Waals surface area contributed by atoms with Crippen molar-refractivity contribution in [1.29, 1.82) is 0 Å². The summed E-state index contributed by atoms with van der Waals surface area (Å²) in [7, 11) is 5.75. The van der Waals surface area contributed by atoms with Crippen molar-refractivity contribution in [3.8, 4) is 0 Å². The molecular weight excluding hydrogens is 140 g/mol. The normalized spacial score (nSPS) is 10.8. The Morgan fingerprint density at radius 2 is 2.36 bits per heavy atom. The molecule has 0 fully saturated rings. The van der Waals surface area contributed by atoms with Crippen LogP contribution in [0.4, 0.5) is 0 Å². The maximum atomic E-state index is 4.10. The number of nitrogens with one attached hydrogen (secondary N) is 1. The van der Waals surface area contributed by atoms with Gasteiger partial charge in [-0.1, -0.05) is 0 Å². The molecule has 0 atom stereocenters. The van der Waals surface area contributed by atoms with Crippen LogP contribution in [-0.4, -0.2) is 30.3 Å². The first-order valence-electron chi connectivity index (χ1n) is 3.44. The van der Waals surface area contributed by atoms with Crippen molar-refractivity contribution >= 4 is 6.21 Å². The first kappa shape index (κ1) is 7.78. The molecule has 0 bridgehead atoms. The van der Waals surface area contributed by atoms with Gasteiger partial charge in [0.25, 0.3) is 0 Å². The summed E-state index contributed by atoms with van der Waals surface area (Å²) in [6, 6.07) is 0. The van der Waals surface area contributed by atoms with Gasteiger partial charge >= 0.3 is 0 Å². The minimum absolute atomic E-state index is 1.05. The van der Waals surface area contributed by atoms with E-state index < -0.39 is 0 Å². The van der Waals surface area contributed by atoms with Crippen molar-refractivity contribution in [2.24, 2.45) is 12.1 Å². The number of nitrogens with zero attached hydrogens (tertiary/aromatic N) is 3. The van der Waals surface area contributed by atoms with Crippen LogP contribution in [0.3, 0.4) is 0 Å². The van der Waals surface area contributed by atoms with Crippen molar-refractivity contribution in [2.75, 3.05) is 14.1 Å². The lowest BCUT2D eigenvalue weighted by atomic mass is 10.5. The number of imidazole rings is 1. The van der Waals surface area contributed by atoms with Crippen LogP contribution < -0.4 is 4.57 Å². The maximum absolute atomic E-state index is 4.10. The van der Waals surface area contributed by atoms with Crippen LogP contribution in [0, 0.1) is 0 Å². The number of hydrazone groups is 1. The predicted octanol–water partition coefficient (Wildman–Crippen LogP) is -0.265. The Labute approximate surface area is 66.2 Å². The average molecular weight is 153 g/mol. The number of hydrogen-bond donors (Lipinski definition) is 1. The molecule has 0 spiro atoms. The topological polar surface area (TPSA) is 35.3 Å². The highest BCUT2D eigenvalue weighted by molar-refractivity contribution is 5.74. The summed E-state index contributed by atoms with van der Waals surface area (Å²) in [6.07, 6.45) is 5.57. The smallest absolute Gasteiger partial charge is 0.241 e. The van der Waals surface area contributed by atoms with Crippen LogP contribution in [0.2, 0.25) is 0 Å². The zero-order valence-corrected chi connectivity index (χ0v) is 7.07. The summed E-state index contributed by atoms with van der Waals surface area (Å²) in [5.41, 5.74) is 1.05. The third-order valence-electron chi connectivity index (χ3n) is 1.33. The maximum Gasteiger partial charge on any atom is 0.241 e. The summed E-state index contributed by atoms with van der Waals surface area (Å²) in [5.74, 6) is 0. The fraction of sp³-hybridized carbons (Fsp3) is 0.429. The lowest BCUT2D eigenvalue weighted by Crippen LogP contribution is -2.29. The molecular formula is C7H13N4+. The summed E-state index contributed by atoms with van der Waals surface area (Å²) in [4.78, 5) is 2.97. The standard InChI is InChI=1S/C7H12N4/c1-10(2)9-5-7-4-8-6-11(7)3/h4-6H,1-3H3/p+1. The highest BCUT2D eigenvalue weighted by atomic mass is 15.4. The van der Waals surface area contributed by atoms with Crippen LogP contribution in [-0.2, 0) is 7.05 Å². The Kier molecular flexibility index (Phi) is 2.25. The van der Waals surface area contributed by atoms with Gasteiger partial charge in [0.2, 0.25) is 6.33 Å². The Balaban J connectivity index is 2.71. The first-order valence-corrected chi connectivity index (χ1v) is 3.44. The molecule has 0 aliphatic heterocycles. The van der Waals surface area contributed by atoms with E-state index in [2.05, 4.69) is 10.1 Å². The second kappa shape index (κ2) is 3.18. The third-order valence-corrected chi connectivity index (χ3v) is 1.33. The van der Waals surface area contributed by atoms with E-state index in [4.69, 9.17) is 0 Å². The molecule has 11 heavy (non-hydrogen) atoms. The number of hydrogen-bond acceptors (Lipinski definition) is 2. The Morgan fingerprint density at radius 1 is 1.64 bits per heavy atom. The fourth-order valence-corrected chi connectivity index (χ4v) is 0.714. The largest absolute Gasteiger partial charge is 0.303 e. The molecule has 1 heterocycles. The molecule has 0 radical (unpaired) electrons. The molecule has 4 heteroatoms.